The summed E-state index contributed by atoms with van der Waals surface area (Å²) in [5, 5.41) is 3.30. The minimum Gasteiger partial charge on any atom is -0.493 e. The van der Waals surface area contributed by atoms with Crippen LogP contribution in [0, 0.1) is 0 Å². The van der Waals surface area contributed by atoms with Crippen molar-refractivity contribution in [2.24, 2.45) is 0 Å². The molecule has 1 saturated heterocycles. The molecule has 0 saturated carbocycles. The largest absolute Gasteiger partial charge is 0.493 e. The number of ether oxygens (including phenoxy) is 2. The summed E-state index contributed by atoms with van der Waals surface area (Å²) in [4.78, 5) is 38.4. The zero-order valence-corrected chi connectivity index (χ0v) is 16.3. The Morgan fingerprint density at radius 2 is 1.90 bits per heavy atom. The molecule has 1 N–H and O–H groups in total. The van der Waals surface area contributed by atoms with Crippen LogP contribution in [-0.4, -0.2) is 43.1 Å². The van der Waals surface area contributed by atoms with Crippen LogP contribution in [0.4, 0.5) is 4.79 Å². The van der Waals surface area contributed by atoms with E-state index in [1.165, 1.54) is 18.1 Å². The molecule has 0 aliphatic carbocycles. The molecule has 8 nitrogen and oxygen atoms in total. The zero-order valence-electron chi connectivity index (χ0n) is 16.3. The van der Waals surface area contributed by atoms with Gasteiger partial charge in [-0.15, -0.1) is 0 Å². The fourth-order valence-corrected chi connectivity index (χ4v) is 3.27. The van der Waals surface area contributed by atoms with Crippen molar-refractivity contribution >= 4 is 23.0 Å². The Labute approximate surface area is 172 Å². The smallest absolute Gasteiger partial charge is 0.407 e. The molecular weight excluding hydrogens is 388 g/mol. The van der Waals surface area contributed by atoms with Gasteiger partial charge in [-0.05, 0) is 17.7 Å². The number of nitrogens with one attached hydrogen (secondary N) is 1. The Kier molecular flexibility index (Phi) is 5.38. The van der Waals surface area contributed by atoms with E-state index in [9.17, 15) is 14.4 Å². The normalized spacial score (nSPS) is 13.6. The number of likely N-dealkylation sites (tertiary alicyclic amines) is 1. The summed E-state index contributed by atoms with van der Waals surface area (Å²) in [5.74, 6) is -0.0185. The number of hydrogen-bond donors (Lipinski definition) is 1. The maximum atomic E-state index is 12.7. The van der Waals surface area contributed by atoms with E-state index in [-0.39, 0.29) is 31.3 Å². The van der Waals surface area contributed by atoms with E-state index in [2.05, 4.69) is 5.32 Å². The first-order valence-corrected chi connectivity index (χ1v) is 9.42. The average Bonchev–Trinajstić information content (AvgIpc) is 2.74. The van der Waals surface area contributed by atoms with Crippen molar-refractivity contribution in [3.8, 4) is 5.75 Å². The average molecular weight is 408 g/mol. The molecule has 2 amide bonds. The topological polar surface area (TPSA) is 98.1 Å². The molecule has 0 radical (unpaired) electrons. The van der Waals surface area contributed by atoms with E-state index in [1.807, 2.05) is 30.3 Å². The number of hydrogen-bond acceptors (Lipinski definition) is 6. The molecule has 3 aromatic rings. The highest BCUT2D eigenvalue weighted by Crippen LogP contribution is 2.25. The van der Waals surface area contributed by atoms with Gasteiger partial charge in [-0.25, -0.2) is 9.59 Å². The quantitative estimate of drug-likeness (QED) is 0.652. The van der Waals surface area contributed by atoms with Gasteiger partial charge in [0.05, 0.1) is 13.2 Å². The third-order valence-electron chi connectivity index (χ3n) is 4.88. The highest BCUT2D eigenvalue weighted by atomic mass is 16.5. The van der Waals surface area contributed by atoms with E-state index in [4.69, 9.17) is 13.9 Å². The summed E-state index contributed by atoms with van der Waals surface area (Å²) in [6, 6.07) is 15.8. The van der Waals surface area contributed by atoms with Crippen LogP contribution >= 0.6 is 0 Å². The maximum absolute atomic E-state index is 12.7. The summed E-state index contributed by atoms with van der Waals surface area (Å²) >= 11 is 0. The number of benzene rings is 2. The number of carbonyl (C=O) groups excluding carboxylic acids is 2. The number of para-hydroxylation sites is 1. The highest BCUT2D eigenvalue weighted by molar-refractivity contribution is 5.97. The fourth-order valence-electron chi connectivity index (χ4n) is 3.27. The van der Waals surface area contributed by atoms with Crippen molar-refractivity contribution in [3.63, 3.8) is 0 Å². The molecule has 1 aromatic heterocycles. The minimum absolute atomic E-state index is 0.0548. The second kappa shape index (κ2) is 8.28. The predicted octanol–water partition coefficient (Wildman–Crippen LogP) is 2.55. The van der Waals surface area contributed by atoms with Crippen LogP contribution in [0.1, 0.15) is 15.9 Å². The molecule has 1 fully saturated rings. The molecule has 2 heterocycles. The van der Waals surface area contributed by atoms with Gasteiger partial charge in [0, 0.05) is 18.5 Å². The number of rotatable bonds is 5. The van der Waals surface area contributed by atoms with E-state index in [0.717, 1.165) is 5.56 Å². The van der Waals surface area contributed by atoms with Crippen LogP contribution in [-0.2, 0) is 11.3 Å². The van der Waals surface area contributed by atoms with E-state index < -0.39 is 17.6 Å². The molecule has 2 aromatic carbocycles. The number of nitrogens with zero attached hydrogens (tertiary/aromatic N) is 1. The Morgan fingerprint density at radius 3 is 2.63 bits per heavy atom. The van der Waals surface area contributed by atoms with Gasteiger partial charge in [-0.3, -0.25) is 4.79 Å². The first kappa shape index (κ1) is 19.5. The molecule has 1 aliphatic rings. The van der Waals surface area contributed by atoms with Crippen LogP contribution < -0.4 is 15.7 Å². The van der Waals surface area contributed by atoms with Crippen molar-refractivity contribution in [3.05, 3.63) is 76.1 Å². The van der Waals surface area contributed by atoms with Crippen LogP contribution in [0.2, 0.25) is 0 Å². The van der Waals surface area contributed by atoms with E-state index in [1.54, 1.807) is 18.2 Å². The highest BCUT2D eigenvalue weighted by Gasteiger charge is 2.34. The van der Waals surface area contributed by atoms with Gasteiger partial charge in [0.25, 0.3) is 5.91 Å². The van der Waals surface area contributed by atoms with Crippen molar-refractivity contribution in [2.75, 3.05) is 20.2 Å². The Morgan fingerprint density at radius 1 is 1.13 bits per heavy atom. The van der Waals surface area contributed by atoms with Gasteiger partial charge in [0.15, 0.2) is 11.3 Å². The second-order valence-corrected chi connectivity index (χ2v) is 6.94. The van der Waals surface area contributed by atoms with Crippen molar-refractivity contribution in [2.45, 2.75) is 12.6 Å². The lowest BCUT2D eigenvalue weighted by Crippen LogP contribution is -2.61. The maximum Gasteiger partial charge on any atom is 0.407 e. The number of methoxy groups -OCH3 is 1. The molecule has 0 spiro atoms. The SMILES string of the molecule is COc1cccc2cc(C(=O)N3CC(NC(=O)OCc4ccccc4)C3)c(=O)oc12. The monoisotopic (exact) mass is 408 g/mol. The van der Waals surface area contributed by atoms with Gasteiger partial charge < -0.3 is 24.1 Å². The molecule has 8 heteroatoms. The molecule has 0 unspecified atom stereocenters. The molecule has 0 bridgehead atoms. The first-order chi connectivity index (χ1) is 14.5. The fraction of sp³-hybridized carbons (Fsp3) is 0.227. The first-order valence-electron chi connectivity index (χ1n) is 9.42. The van der Waals surface area contributed by atoms with Crippen LogP contribution in [0.3, 0.4) is 0 Å². The summed E-state index contributed by atoms with van der Waals surface area (Å²) in [6.45, 7) is 0.743. The standard InChI is InChI=1S/C22H20N2O6/c1-28-18-9-5-8-15-10-17(21(26)30-19(15)18)20(25)24-11-16(12-24)23-22(27)29-13-14-6-3-2-4-7-14/h2-10,16H,11-13H2,1H3,(H,23,27). The summed E-state index contributed by atoms with van der Waals surface area (Å²) < 4.78 is 15.7. The van der Waals surface area contributed by atoms with E-state index in [0.29, 0.717) is 16.7 Å². The third-order valence-corrected chi connectivity index (χ3v) is 4.88. The summed E-state index contributed by atoms with van der Waals surface area (Å²) in [6.07, 6.45) is -0.548. The van der Waals surface area contributed by atoms with Crippen molar-refractivity contribution in [1.82, 2.24) is 10.2 Å². The number of carbonyl (C=O) groups is 2. The number of fused-ring (bicyclic) bond motifs is 1. The minimum atomic E-state index is -0.726. The van der Waals surface area contributed by atoms with E-state index >= 15 is 0 Å². The lowest BCUT2D eigenvalue weighted by Gasteiger charge is -2.39. The van der Waals surface area contributed by atoms with Crippen LogP contribution in [0.15, 0.2) is 63.8 Å². The molecule has 154 valence electrons. The van der Waals surface area contributed by atoms with Gasteiger partial charge in [-0.2, -0.15) is 0 Å². The van der Waals surface area contributed by atoms with Crippen LogP contribution in [0.25, 0.3) is 11.0 Å². The third kappa shape index (κ3) is 3.98. The van der Waals surface area contributed by atoms with Gasteiger partial charge >= 0.3 is 11.7 Å². The lowest BCUT2D eigenvalue weighted by molar-refractivity contribution is 0.0541. The van der Waals surface area contributed by atoms with Crippen molar-refractivity contribution in [1.29, 1.82) is 0 Å². The number of alkyl carbamates (subject to hydrolysis) is 1. The molecule has 30 heavy (non-hydrogen) atoms. The zero-order chi connectivity index (χ0) is 21.1. The van der Waals surface area contributed by atoms with Crippen LogP contribution in [0.5, 0.6) is 5.75 Å². The Hall–Kier alpha value is -3.81. The second-order valence-electron chi connectivity index (χ2n) is 6.94. The van der Waals surface area contributed by atoms with Gasteiger partial charge in [0.1, 0.15) is 12.2 Å². The lowest BCUT2D eigenvalue weighted by atomic mass is 10.1. The Bertz CT molecular complexity index is 1140. The number of amides is 2. The summed E-state index contributed by atoms with van der Waals surface area (Å²) in [7, 11) is 1.48. The predicted molar refractivity (Wildman–Crippen MR) is 108 cm³/mol. The molecule has 1 aliphatic heterocycles. The Balaban J connectivity index is 1.34. The summed E-state index contributed by atoms with van der Waals surface area (Å²) in [5.41, 5.74) is 0.403. The molecular formula is C22H20N2O6. The van der Waals surface area contributed by atoms with Gasteiger partial charge in [0.2, 0.25) is 0 Å². The van der Waals surface area contributed by atoms with Gasteiger partial charge in [-0.1, -0.05) is 42.5 Å². The van der Waals surface area contributed by atoms with Crippen molar-refractivity contribution < 1.29 is 23.5 Å². The molecule has 4 rings (SSSR count). The molecule has 0 atom stereocenters.